The highest BCUT2D eigenvalue weighted by molar-refractivity contribution is 5.49. The molecule has 3 N–H and O–H groups in total. The van der Waals surface area contributed by atoms with E-state index >= 15 is 0 Å². The van der Waals surface area contributed by atoms with Crippen LogP contribution in [0.15, 0.2) is 6.07 Å². The molecule has 1 fully saturated rings. The molecule has 106 valence electrons. The van der Waals surface area contributed by atoms with E-state index in [0.29, 0.717) is 19.0 Å². The Labute approximate surface area is 113 Å². The maximum atomic E-state index is 9.67. The van der Waals surface area contributed by atoms with Crippen molar-refractivity contribution in [3.05, 3.63) is 11.9 Å². The molecule has 0 amide bonds. The Morgan fingerprint density at radius 1 is 1.32 bits per heavy atom. The van der Waals surface area contributed by atoms with Crippen LogP contribution in [0.4, 0.5) is 11.6 Å². The molecule has 1 aromatic heterocycles. The van der Waals surface area contributed by atoms with Crippen molar-refractivity contribution in [3.8, 4) is 0 Å². The van der Waals surface area contributed by atoms with Crippen LogP contribution in [-0.4, -0.2) is 47.0 Å². The van der Waals surface area contributed by atoms with Crippen molar-refractivity contribution in [2.45, 2.75) is 32.2 Å². The lowest BCUT2D eigenvalue weighted by atomic mass is 9.91. The summed E-state index contributed by atoms with van der Waals surface area (Å²) in [5.41, 5.74) is -0.331. The molecule has 2 rings (SSSR count). The van der Waals surface area contributed by atoms with Gasteiger partial charge in [0.15, 0.2) is 0 Å². The van der Waals surface area contributed by atoms with Crippen molar-refractivity contribution < 1.29 is 9.84 Å². The summed E-state index contributed by atoms with van der Waals surface area (Å²) in [7, 11) is 0. The van der Waals surface area contributed by atoms with Gasteiger partial charge >= 0.3 is 0 Å². The average Bonchev–Trinajstić information content (AvgIpc) is 2.39. The lowest BCUT2D eigenvalue weighted by Crippen LogP contribution is -2.47. The highest BCUT2D eigenvalue weighted by atomic mass is 16.5. The summed E-state index contributed by atoms with van der Waals surface area (Å²) in [5, 5.41) is 16.2. The molecule has 0 saturated carbocycles. The molecule has 19 heavy (non-hydrogen) atoms. The van der Waals surface area contributed by atoms with Gasteiger partial charge in [-0.25, -0.2) is 9.97 Å². The van der Waals surface area contributed by atoms with Crippen LogP contribution in [0.3, 0.4) is 0 Å². The summed E-state index contributed by atoms with van der Waals surface area (Å²) in [6.07, 6.45) is 1.56. The van der Waals surface area contributed by atoms with Gasteiger partial charge in [0.2, 0.25) is 0 Å². The predicted octanol–water partition coefficient (Wildman–Crippen LogP) is 1.17. The third kappa shape index (κ3) is 3.54. The number of aliphatic hydroxyl groups excluding tert-OH is 1. The number of hydrogen-bond donors (Lipinski definition) is 3. The first-order valence-electron chi connectivity index (χ1n) is 6.74. The summed E-state index contributed by atoms with van der Waals surface area (Å²) in [6, 6.07) is 1.88. The van der Waals surface area contributed by atoms with Crippen molar-refractivity contribution in [1.29, 1.82) is 0 Å². The second-order valence-electron chi connectivity index (χ2n) is 4.89. The number of nitrogens with one attached hydrogen (secondary N) is 2. The number of aromatic nitrogens is 2. The topological polar surface area (TPSA) is 79.3 Å². The Morgan fingerprint density at radius 2 is 2.00 bits per heavy atom. The number of anilines is 2. The fourth-order valence-electron chi connectivity index (χ4n) is 2.26. The van der Waals surface area contributed by atoms with Gasteiger partial charge in [0.05, 0.1) is 12.1 Å². The van der Waals surface area contributed by atoms with Crippen LogP contribution >= 0.6 is 0 Å². The van der Waals surface area contributed by atoms with Gasteiger partial charge in [0.1, 0.15) is 17.5 Å². The molecule has 1 aliphatic rings. The molecule has 0 bridgehead atoms. The van der Waals surface area contributed by atoms with E-state index in [1.54, 1.807) is 0 Å². The Hall–Kier alpha value is -1.40. The molecule has 0 unspecified atom stereocenters. The summed E-state index contributed by atoms with van der Waals surface area (Å²) < 4.78 is 5.35. The number of rotatable bonds is 5. The van der Waals surface area contributed by atoms with Crippen LogP contribution < -0.4 is 10.6 Å². The van der Waals surface area contributed by atoms with E-state index in [2.05, 4.69) is 20.6 Å². The smallest absolute Gasteiger partial charge is 0.132 e. The van der Waals surface area contributed by atoms with E-state index in [1.165, 1.54) is 0 Å². The molecular formula is C13H22N4O2. The number of ether oxygens (including phenoxy) is 1. The first kappa shape index (κ1) is 14.0. The summed E-state index contributed by atoms with van der Waals surface area (Å²) in [5.74, 6) is 2.26. The monoisotopic (exact) mass is 266 g/mol. The van der Waals surface area contributed by atoms with Crippen molar-refractivity contribution in [1.82, 2.24) is 9.97 Å². The lowest BCUT2D eigenvalue weighted by Gasteiger charge is -2.36. The van der Waals surface area contributed by atoms with E-state index in [1.807, 2.05) is 19.9 Å². The van der Waals surface area contributed by atoms with E-state index in [0.717, 1.165) is 31.0 Å². The van der Waals surface area contributed by atoms with E-state index in [9.17, 15) is 5.11 Å². The Morgan fingerprint density at radius 3 is 2.63 bits per heavy atom. The van der Waals surface area contributed by atoms with E-state index in [4.69, 9.17) is 4.74 Å². The molecule has 0 aliphatic carbocycles. The van der Waals surface area contributed by atoms with Crippen LogP contribution in [0.2, 0.25) is 0 Å². The van der Waals surface area contributed by atoms with Gasteiger partial charge < -0.3 is 20.5 Å². The van der Waals surface area contributed by atoms with E-state index in [-0.39, 0.29) is 12.1 Å². The van der Waals surface area contributed by atoms with Crippen LogP contribution in [0.1, 0.15) is 25.6 Å². The zero-order valence-electron chi connectivity index (χ0n) is 11.6. The molecular weight excluding hydrogens is 244 g/mol. The molecule has 1 aliphatic heterocycles. The quantitative estimate of drug-likeness (QED) is 0.742. The minimum atomic E-state index is -0.331. The summed E-state index contributed by atoms with van der Waals surface area (Å²) in [6.45, 7) is 6.11. The van der Waals surface area contributed by atoms with Gasteiger partial charge in [0.25, 0.3) is 0 Å². The van der Waals surface area contributed by atoms with Gasteiger partial charge in [0, 0.05) is 25.8 Å². The Kier molecular flexibility index (Phi) is 4.55. The third-order valence-electron chi connectivity index (χ3n) is 3.34. The second kappa shape index (κ2) is 6.16. The van der Waals surface area contributed by atoms with E-state index < -0.39 is 0 Å². The van der Waals surface area contributed by atoms with Gasteiger partial charge in [-0.05, 0) is 26.7 Å². The first-order valence-corrected chi connectivity index (χ1v) is 6.74. The summed E-state index contributed by atoms with van der Waals surface area (Å²) >= 11 is 0. The molecule has 1 aromatic rings. The predicted molar refractivity (Wildman–Crippen MR) is 74.4 cm³/mol. The number of nitrogens with zero attached hydrogens (tertiary/aromatic N) is 2. The lowest BCUT2D eigenvalue weighted by molar-refractivity contribution is 0.0378. The Bertz CT molecular complexity index is 419. The second-order valence-corrected chi connectivity index (χ2v) is 4.89. The van der Waals surface area contributed by atoms with Gasteiger partial charge in [-0.2, -0.15) is 0 Å². The number of hydrogen-bond acceptors (Lipinski definition) is 6. The SMILES string of the molecule is CCNc1cc(NC2(CO)CCOCC2)nc(C)n1. The van der Waals surface area contributed by atoms with Crippen LogP contribution in [0, 0.1) is 6.92 Å². The van der Waals surface area contributed by atoms with Gasteiger partial charge in [-0.1, -0.05) is 0 Å². The molecule has 0 spiro atoms. The van der Waals surface area contributed by atoms with Crippen molar-refractivity contribution >= 4 is 11.6 Å². The first-order chi connectivity index (χ1) is 9.17. The number of aliphatic hydroxyl groups is 1. The maximum absolute atomic E-state index is 9.67. The van der Waals surface area contributed by atoms with Crippen LogP contribution in [0.5, 0.6) is 0 Å². The molecule has 6 nitrogen and oxygen atoms in total. The zero-order chi connectivity index (χ0) is 13.7. The van der Waals surface area contributed by atoms with Gasteiger partial charge in [-0.3, -0.25) is 0 Å². The minimum Gasteiger partial charge on any atom is -0.394 e. The molecule has 0 aromatic carbocycles. The fourth-order valence-corrected chi connectivity index (χ4v) is 2.26. The highest BCUT2D eigenvalue weighted by Gasteiger charge is 2.32. The zero-order valence-corrected chi connectivity index (χ0v) is 11.6. The molecule has 0 radical (unpaired) electrons. The standard InChI is InChI=1S/C13H22N4O2/c1-3-14-11-8-12(16-10(2)15-11)17-13(9-18)4-6-19-7-5-13/h8,18H,3-7,9H2,1-2H3,(H2,14,15,16,17). The third-order valence-corrected chi connectivity index (χ3v) is 3.34. The maximum Gasteiger partial charge on any atom is 0.132 e. The average molecular weight is 266 g/mol. The van der Waals surface area contributed by atoms with Crippen LogP contribution in [-0.2, 0) is 4.74 Å². The Balaban J connectivity index is 2.16. The van der Waals surface area contributed by atoms with Crippen LogP contribution in [0.25, 0.3) is 0 Å². The molecule has 2 heterocycles. The van der Waals surface area contributed by atoms with Crippen molar-refractivity contribution in [2.24, 2.45) is 0 Å². The number of aryl methyl sites for hydroxylation is 1. The molecule has 0 atom stereocenters. The fraction of sp³-hybridized carbons (Fsp3) is 0.692. The molecule has 6 heteroatoms. The highest BCUT2D eigenvalue weighted by Crippen LogP contribution is 2.25. The summed E-state index contributed by atoms with van der Waals surface area (Å²) in [4.78, 5) is 8.70. The van der Waals surface area contributed by atoms with Crippen molar-refractivity contribution in [2.75, 3.05) is 37.0 Å². The molecule has 1 saturated heterocycles. The van der Waals surface area contributed by atoms with Crippen molar-refractivity contribution in [3.63, 3.8) is 0 Å². The van der Waals surface area contributed by atoms with Gasteiger partial charge in [-0.15, -0.1) is 0 Å². The minimum absolute atomic E-state index is 0.0793. The largest absolute Gasteiger partial charge is 0.394 e. The normalized spacial score (nSPS) is 18.1.